The van der Waals surface area contributed by atoms with Crippen molar-refractivity contribution in [2.75, 3.05) is 0 Å². The zero-order valence-corrected chi connectivity index (χ0v) is 6.44. The maximum atomic E-state index is 12.0. The molecule has 62 valence electrons. The number of hydrogen-bond acceptors (Lipinski definition) is 1. The van der Waals surface area contributed by atoms with Crippen LogP contribution in [0, 0.1) is 0 Å². The summed E-state index contributed by atoms with van der Waals surface area (Å²) in [5, 5.41) is 3.38. The average molecular weight is 165 g/mol. The molecular weight excluding hydrogens is 157 g/mol. The molecular formula is C8H8FN3. The number of halogens is 1. The molecule has 0 fully saturated rings. The summed E-state index contributed by atoms with van der Waals surface area (Å²) in [5.74, 6) is 0. The van der Waals surface area contributed by atoms with Crippen molar-refractivity contribution in [2.45, 2.75) is 13.2 Å². The van der Waals surface area contributed by atoms with Crippen LogP contribution in [-0.4, -0.2) is 0 Å². The molecule has 3 nitrogen and oxygen atoms in total. The predicted octanol–water partition coefficient (Wildman–Crippen LogP) is 2.97. The first kappa shape index (κ1) is 8.56. The standard InChI is InChI=1S/C8H8FN3/c9-5-7-1-3-8(4-2-7)6-11-12-10/h1-4H,5-6H2. The van der Waals surface area contributed by atoms with Crippen LogP contribution in [-0.2, 0) is 13.2 Å². The van der Waals surface area contributed by atoms with Crippen molar-refractivity contribution >= 4 is 0 Å². The Morgan fingerprint density at radius 1 is 1.25 bits per heavy atom. The zero-order valence-electron chi connectivity index (χ0n) is 6.44. The normalized spacial score (nSPS) is 9.08. The molecule has 4 heteroatoms. The number of azide groups is 1. The largest absolute Gasteiger partial charge is 0.246 e. The maximum absolute atomic E-state index is 12.0. The van der Waals surface area contributed by atoms with Gasteiger partial charge in [0.05, 0.1) is 6.54 Å². The van der Waals surface area contributed by atoms with Gasteiger partial charge in [-0.1, -0.05) is 29.4 Å². The fourth-order valence-corrected chi connectivity index (χ4v) is 0.847. The lowest BCUT2D eigenvalue weighted by Gasteiger charge is -1.96. The van der Waals surface area contributed by atoms with Crippen molar-refractivity contribution < 1.29 is 4.39 Å². The quantitative estimate of drug-likeness (QED) is 0.375. The summed E-state index contributed by atoms with van der Waals surface area (Å²) >= 11 is 0. The van der Waals surface area contributed by atoms with Crippen molar-refractivity contribution in [3.05, 3.63) is 45.8 Å². The predicted molar refractivity (Wildman–Crippen MR) is 44.1 cm³/mol. The van der Waals surface area contributed by atoms with Gasteiger partial charge in [0, 0.05) is 4.91 Å². The van der Waals surface area contributed by atoms with Gasteiger partial charge in [0.2, 0.25) is 0 Å². The number of nitrogens with zero attached hydrogens (tertiary/aromatic N) is 3. The van der Waals surface area contributed by atoms with Crippen LogP contribution < -0.4 is 0 Å². The lowest BCUT2D eigenvalue weighted by Crippen LogP contribution is -1.82. The molecule has 0 aliphatic rings. The van der Waals surface area contributed by atoms with Crippen molar-refractivity contribution in [1.82, 2.24) is 0 Å². The molecule has 0 aliphatic carbocycles. The van der Waals surface area contributed by atoms with Gasteiger partial charge in [0.1, 0.15) is 6.67 Å². The molecule has 12 heavy (non-hydrogen) atoms. The average Bonchev–Trinajstić information content (AvgIpc) is 2.15. The highest BCUT2D eigenvalue weighted by atomic mass is 19.1. The van der Waals surface area contributed by atoms with Crippen LogP contribution in [0.4, 0.5) is 4.39 Å². The SMILES string of the molecule is [N-]=[N+]=NCc1ccc(CF)cc1. The van der Waals surface area contributed by atoms with Gasteiger partial charge >= 0.3 is 0 Å². The van der Waals surface area contributed by atoms with Crippen molar-refractivity contribution in [3.8, 4) is 0 Å². The fraction of sp³-hybridized carbons (Fsp3) is 0.250. The topological polar surface area (TPSA) is 48.8 Å². The zero-order chi connectivity index (χ0) is 8.81. The fourth-order valence-electron chi connectivity index (χ4n) is 0.847. The van der Waals surface area contributed by atoms with Gasteiger partial charge in [-0.05, 0) is 16.7 Å². The maximum Gasteiger partial charge on any atom is 0.115 e. The highest BCUT2D eigenvalue weighted by Crippen LogP contribution is 2.06. The van der Waals surface area contributed by atoms with Gasteiger partial charge in [0.25, 0.3) is 0 Å². The smallest absolute Gasteiger partial charge is 0.115 e. The van der Waals surface area contributed by atoms with Crippen LogP contribution in [0.25, 0.3) is 10.4 Å². The molecule has 0 heterocycles. The summed E-state index contributed by atoms with van der Waals surface area (Å²) in [6, 6.07) is 6.87. The molecule has 0 saturated heterocycles. The van der Waals surface area contributed by atoms with E-state index >= 15 is 0 Å². The molecule has 0 spiro atoms. The van der Waals surface area contributed by atoms with Gasteiger partial charge < -0.3 is 0 Å². The van der Waals surface area contributed by atoms with Crippen LogP contribution >= 0.6 is 0 Å². The third-order valence-electron chi connectivity index (χ3n) is 1.49. The Balaban J connectivity index is 2.70. The molecule has 0 aliphatic heterocycles. The van der Waals surface area contributed by atoms with E-state index in [1.165, 1.54) is 0 Å². The van der Waals surface area contributed by atoms with E-state index in [-0.39, 0.29) is 0 Å². The van der Waals surface area contributed by atoms with Crippen molar-refractivity contribution in [1.29, 1.82) is 0 Å². The third kappa shape index (κ3) is 2.25. The van der Waals surface area contributed by atoms with E-state index in [1.807, 2.05) is 0 Å². The molecule has 0 saturated carbocycles. The van der Waals surface area contributed by atoms with Crippen LogP contribution in [0.15, 0.2) is 29.4 Å². The van der Waals surface area contributed by atoms with E-state index in [9.17, 15) is 4.39 Å². The molecule has 1 aromatic rings. The second-order valence-corrected chi connectivity index (χ2v) is 2.34. The number of alkyl halides is 1. The Labute approximate surface area is 69.5 Å². The second-order valence-electron chi connectivity index (χ2n) is 2.34. The van der Waals surface area contributed by atoms with E-state index in [0.717, 1.165) is 5.56 Å². The highest BCUT2D eigenvalue weighted by molar-refractivity contribution is 5.21. The van der Waals surface area contributed by atoms with Crippen LogP contribution in [0.1, 0.15) is 11.1 Å². The Kier molecular flexibility index (Phi) is 3.11. The lowest BCUT2D eigenvalue weighted by molar-refractivity contribution is 0.485. The lowest BCUT2D eigenvalue weighted by atomic mass is 10.1. The van der Waals surface area contributed by atoms with Gasteiger partial charge in [-0.25, -0.2) is 4.39 Å². The van der Waals surface area contributed by atoms with Crippen LogP contribution in [0.2, 0.25) is 0 Å². The summed E-state index contributed by atoms with van der Waals surface area (Å²) in [5.41, 5.74) is 9.56. The molecule has 0 N–H and O–H groups in total. The molecule has 1 rings (SSSR count). The summed E-state index contributed by atoms with van der Waals surface area (Å²) in [6.45, 7) is -0.134. The molecule has 1 aromatic carbocycles. The molecule has 0 radical (unpaired) electrons. The first-order valence-electron chi connectivity index (χ1n) is 3.51. The molecule has 0 amide bonds. The van der Waals surface area contributed by atoms with Gasteiger partial charge in [0.15, 0.2) is 0 Å². The summed E-state index contributed by atoms with van der Waals surface area (Å²) in [4.78, 5) is 2.62. The van der Waals surface area contributed by atoms with E-state index in [2.05, 4.69) is 10.0 Å². The minimum Gasteiger partial charge on any atom is -0.246 e. The monoisotopic (exact) mass is 165 g/mol. The Bertz CT molecular complexity index is 288. The number of benzene rings is 1. The second kappa shape index (κ2) is 4.36. The molecule has 0 unspecified atom stereocenters. The minimum absolute atomic E-state index is 0.322. The summed E-state index contributed by atoms with van der Waals surface area (Å²) in [7, 11) is 0. The van der Waals surface area contributed by atoms with E-state index in [0.29, 0.717) is 12.1 Å². The third-order valence-corrected chi connectivity index (χ3v) is 1.49. The Morgan fingerprint density at radius 2 is 1.83 bits per heavy atom. The summed E-state index contributed by atoms with van der Waals surface area (Å²) in [6.07, 6.45) is 0. The van der Waals surface area contributed by atoms with E-state index in [4.69, 9.17) is 5.53 Å². The van der Waals surface area contributed by atoms with Gasteiger partial charge in [-0.3, -0.25) is 0 Å². The first-order valence-corrected chi connectivity index (χ1v) is 3.51. The van der Waals surface area contributed by atoms with Crippen molar-refractivity contribution in [3.63, 3.8) is 0 Å². The molecule has 0 bridgehead atoms. The highest BCUT2D eigenvalue weighted by Gasteiger charge is 1.91. The first-order chi connectivity index (χ1) is 5.86. The van der Waals surface area contributed by atoms with Gasteiger partial charge in [-0.15, -0.1) is 0 Å². The van der Waals surface area contributed by atoms with Crippen LogP contribution in [0.3, 0.4) is 0 Å². The van der Waals surface area contributed by atoms with Crippen LogP contribution in [0.5, 0.6) is 0 Å². The number of rotatable bonds is 3. The number of hydrogen-bond donors (Lipinski definition) is 0. The Hall–Kier alpha value is -1.54. The van der Waals surface area contributed by atoms with E-state index < -0.39 is 6.67 Å². The van der Waals surface area contributed by atoms with Crippen molar-refractivity contribution in [2.24, 2.45) is 5.11 Å². The molecule has 0 aromatic heterocycles. The Morgan fingerprint density at radius 3 is 2.33 bits per heavy atom. The van der Waals surface area contributed by atoms with E-state index in [1.54, 1.807) is 24.3 Å². The summed E-state index contributed by atoms with van der Waals surface area (Å²) < 4.78 is 12.0. The van der Waals surface area contributed by atoms with Gasteiger partial charge in [-0.2, -0.15) is 0 Å². The molecule has 0 atom stereocenters. The minimum atomic E-state index is -0.457.